The van der Waals surface area contributed by atoms with Gasteiger partial charge in [-0.15, -0.1) is 0 Å². The first-order valence-electron chi connectivity index (χ1n) is 7.54. The Morgan fingerprint density at radius 2 is 1.95 bits per heavy atom. The third kappa shape index (κ3) is 5.29. The van der Waals surface area contributed by atoms with Crippen molar-refractivity contribution in [1.29, 1.82) is 0 Å². The maximum absolute atomic E-state index is 5.97. The van der Waals surface area contributed by atoms with Gasteiger partial charge in [-0.1, -0.05) is 39.2 Å². The fraction of sp³-hybridized carbons (Fsp3) is 0.688. The molecule has 1 fully saturated rings. The van der Waals surface area contributed by atoms with E-state index in [-0.39, 0.29) is 0 Å². The van der Waals surface area contributed by atoms with E-state index < -0.39 is 0 Å². The molecule has 2 rings (SSSR count). The molecule has 0 unspecified atom stereocenters. The fourth-order valence-electron chi connectivity index (χ4n) is 2.45. The standard InChI is InChI=1S/C16H26N2O/c1-13(2)17-11-14-7-6-8-15(18-14)12-19-16-9-4-3-5-10-16/h6-8,13,16-17H,3-5,9-12H2,1-2H3. The molecule has 19 heavy (non-hydrogen) atoms. The molecule has 3 heteroatoms. The van der Waals surface area contributed by atoms with Crippen molar-refractivity contribution in [2.75, 3.05) is 0 Å². The predicted octanol–water partition coefficient (Wildman–Crippen LogP) is 3.43. The van der Waals surface area contributed by atoms with Crippen molar-refractivity contribution >= 4 is 0 Å². The summed E-state index contributed by atoms with van der Waals surface area (Å²) in [5.41, 5.74) is 2.15. The van der Waals surface area contributed by atoms with E-state index in [2.05, 4.69) is 42.3 Å². The minimum Gasteiger partial charge on any atom is -0.372 e. The second-order valence-electron chi connectivity index (χ2n) is 5.73. The highest BCUT2D eigenvalue weighted by Gasteiger charge is 2.13. The van der Waals surface area contributed by atoms with Crippen LogP contribution >= 0.6 is 0 Å². The molecule has 1 heterocycles. The van der Waals surface area contributed by atoms with Crippen molar-refractivity contribution in [3.63, 3.8) is 0 Å². The molecule has 1 aromatic rings. The van der Waals surface area contributed by atoms with Gasteiger partial charge in [-0.2, -0.15) is 0 Å². The van der Waals surface area contributed by atoms with Gasteiger partial charge >= 0.3 is 0 Å². The van der Waals surface area contributed by atoms with Crippen molar-refractivity contribution < 1.29 is 4.74 Å². The van der Waals surface area contributed by atoms with E-state index in [9.17, 15) is 0 Å². The lowest BCUT2D eigenvalue weighted by atomic mass is 9.98. The number of ether oxygens (including phenoxy) is 1. The van der Waals surface area contributed by atoms with Crippen molar-refractivity contribution in [3.05, 3.63) is 29.6 Å². The van der Waals surface area contributed by atoms with Crippen LogP contribution in [0.5, 0.6) is 0 Å². The van der Waals surface area contributed by atoms with Gasteiger partial charge in [-0.3, -0.25) is 4.98 Å². The fourth-order valence-corrected chi connectivity index (χ4v) is 2.45. The highest BCUT2D eigenvalue weighted by atomic mass is 16.5. The van der Waals surface area contributed by atoms with Gasteiger partial charge in [0.2, 0.25) is 0 Å². The molecule has 0 spiro atoms. The highest BCUT2D eigenvalue weighted by Crippen LogP contribution is 2.21. The third-order valence-electron chi connectivity index (χ3n) is 3.57. The SMILES string of the molecule is CC(C)NCc1cccc(COC2CCCCC2)n1. The Labute approximate surface area is 116 Å². The molecule has 3 nitrogen and oxygen atoms in total. The second kappa shape index (κ2) is 7.61. The molecular formula is C16H26N2O. The van der Waals surface area contributed by atoms with Crippen molar-refractivity contribution in [2.24, 2.45) is 0 Å². The van der Waals surface area contributed by atoms with Gasteiger partial charge in [-0.25, -0.2) is 0 Å². The van der Waals surface area contributed by atoms with E-state index in [0.717, 1.165) is 17.9 Å². The molecular weight excluding hydrogens is 236 g/mol. The van der Waals surface area contributed by atoms with Gasteiger partial charge < -0.3 is 10.1 Å². The Balaban J connectivity index is 1.80. The topological polar surface area (TPSA) is 34.1 Å². The van der Waals surface area contributed by atoms with Gasteiger partial charge in [-0.05, 0) is 25.0 Å². The summed E-state index contributed by atoms with van der Waals surface area (Å²) in [5.74, 6) is 0. The summed E-state index contributed by atoms with van der Waals surface area (Å²) in [6, 6.07) is 6.69. The monoisotopic (exact) mass is 262 g/mol. The average Bonchev–Trinajstić information content (AvgIpc) is 2.44. The summed E-state index contributed by atoms with van der Waals surface area (Å²) in [6.07, 6.45) is 6.89. The number of pyridine rings is 1. The zero-order valence-electron chi connectivity index (χ0n) is 12.2. The van der Waals surface area contributed by atoms with Crippen LogP contribution < -0.4 is 5.32 Å². The lowest BCUT2D eigenvalue weighted by Crippen LogP contribution is -2.22. The van der Waals surface area contributed by atoms with E-state index in [1.165, 1.54) is 32.1 Å². The quantitative estimate of drug-likeness (QED) is 0.853. The minimum absolute atomic E-state index is 0.452. The Morgan fingerprint density at radius 3 is 2.68 bits per heavy atom. The van der Waals surface area contributed by atoms with Crippen LogP contribution in [0.1, 0.15) is 57.3 Å². The first-order valence-corrected chi connectivity index (χ1v) is 7.54. The molecule has 1 N–H and O–H groups in total. The van der Waals surface area contributed by atoms with Crippen LogP contribution in [0.4, 0.5) is 0 Å². The van der Waals surface area contributed by atoms with E-state index in [1.54, 1.807) is 0 Å². The molecule has 1 aliphatic rings. The van der Waals surface area contributed by atoms with E-state index >= 15 is 0 Å². The van der Waals surface area contributed by atoms with Crippen LogP contribution in [0.15, 0.2) is 18.2 Å². The van der Waals surface area contributed by atoms with Gasteiger partial charge in [0.1, 0.15) is 0 Å². The zero-order valence-corrected chi connectivity index (χ0v) is 12.2. The summed E-state index contributed by atoms with van der Waals surface area (Å²) >= 11 is 0. The Hall–Kier alpha value is -0.930. The third-order valence-corrected chi connectivity index (χ3v) is 3.57. The van der Waals surface area contributed by atoms with E-state index in [1.807, 2.05) is 0 Å². The molecule has 0 saturated heterocycles. The van der Waals surface area contributed by atoms with Crippen molar-refractivity contribution in [2.45, 2.75) is 71.2 Å². The summed E-state index contributed by atoms with van der Waals surface area (Å²) in [6.45, 7) is 5.78. The van der Waals surface area contributed by atoms with E-state index in [0.29, 0.717) is 18.8 Å². The Kier molecular flexibility index (Phi) is 5.80. The maximum atomic E-state index is 5.97. The van der Waals surface area contributed by atoms with Gasteiger partial charge in [0.05, 0.1) is 24.1 Å². The smallest absolute Gasteiger partial charge is 0.0891 e. The van der Waals surface area contributed by atoms with Crippen LogP contribution in [0.2, 0.25) is 0 Å². The summed E-state index contributed by atoms with van der Waals surface area (Å²) in [4.78, 5) is 4.64. The number of nitrogens with one attached hydrogen (secondary N) is 1. The van der Waals surface area contributed by atoms with Crippen LogP contribution in [-0.2, 0) is 17.9 Å². The van der Waals surface area contributed by atoms with Crippen LogP contribution in [0, 0.1) is 0 Å². The number of hydrogen-bond donors (Lipinski definition) is 1. The number of hydrogen-bond acceptors (Lipinski definition) is 3. The van der Waals surface area contributed by atoms with Gasteiger partial charge in [0.15, 0.2) is 0 Å². The number of rotatable bonds is 6. The number of aromatic nitrogens is 1. The minimum atomic E-state index is 0.452. The maximum Gasteiger partial charge on any atom is 0.0891 e. The lowest BCUT2D eigenvalue weighted by molar-refractivity contribution is 0.0152. The first kappa shape index (κ1) is 14.5. The zero-order chi connectivity index (χ0) is 13.5. The van der Waals surface area contributed by atoms with Crippen molar-refractivity contribution in [1.82, 2.24) is 10.3 Å². The average molecular weight is 262 g/mol. The normalized spacial score (nSPS) is 17.0. The molecule has 0 bridgehead atoms. The molecule has 0 atom stereocenters. The predicted molar refractivity (Wildman–Crippen MR) is 77.9 cm³/mol. The lowest BCUT2D eigenvalue weighted by Gasteiger charge is -2.21. The Morgan fingerprint density at radius 1 is 1.21 bits per heavy atom. The van der Waals surface area contributed by atoms with Crippen LogP contribution in [-0.4, -0.2) is 17.1 Å². The molecule has 0 radical (unpaired) electrons. The van der Waals surface area contributed by atoms with Crippen molar-refractivity contribution in [3.8, 4) is 0 Å². The molecule has 0 aliphatic heterocycles. The summed E-state index contributed by atoms with van der Waals surface area (Å²) in [7, 11) is 0. The van der Waals surface area contributed by atoms with Gasteiger partial charge in [0.25, 0.3) is 0 Å². The summed E-state index contributed by atoms with van der Waals surface area (Å²) in [5, 5.41) is 3.39. The molecule has 1 saturated carbocycles. The molecule has 1 aliphatic carbocycles. The molecule has 1 aromatic heterocycles. The second-order valence-corrected chi connectivity index (χ2v) is 5.73. The first-order chi connectivity index (χ1) is 9.24. The van der Waals surface area contributed by atoms with E-state index in [4.69, 9.17) is 4.74 Å². The molecule has 0 amide bonds. The Bertz CT molecular complexity index is 373. The summed E-state index contributed by atoms with van der Waals surface area (Å²) < 4.78 is 5.97. The molecule has 0 aromatic carbocycles. The van der Waals surface area contributed by atoms with Crippen LogP contribution in [0.3, 0.4) is 0 Å². The largest absolute Gasteiger partial charge is 0.372 e. The van der Waals surface area contributed by atoms with Crippen LogP contribution in [0.25, 0.3) is 0 Å². The highest BCUT2D eigenvalue weighted by molar-refractivity contribution is 5.10. The molecule has 106 valence electrons. The number of nitrogens with zero attached hydrogens (tertiary/aromatic N) is 1. The van der Waals surface area contributed by atoms with Gasteiger partial charge in [0, 0.05) is 12.6 Å².